The lowest BCUT2D eigenvalue weighted by Crippen LogP contribution is -2.30. The fourth-order valence-corrected chi connectivity index (χ4v) is 4.37. The Bertz CT molecular complexity index is 1370. The molecule has 2 aromatic carbocycles. The number of hydrogen-bond acceptors (Lipinski definition) is 5. The van der Waals surface area contributed by atoms with Gasteiger partial charge >= 0.3 is 0 Å². The number of benzene rings is 2. The van der Waals surface area contributed by atoms with Gasteiger partial charge in [0, 0.05) is 29.8 Å². The summed E-state index contributed by atoms with van der Waals surface area (Å²) >= 11 is 0. The van der Waals surface area contributed by atoms with Gasteiger partial charge in [-0.05, 0) is 73.2 Å². The van der Waals surface area contributed by atoms with E-state index in [1.54, 1.807) is 41.4 Å². The van der Waals surface area contributed by atoms with Crippen LogP contribution in [0.25, 0.3) is 5.82 Å². The Morgan fingerprint density at radius 2 is 1.94 bits per heavy atom. The van der Waals surface area contributed by atoms with Gasteiger partial charge in [-0.15, -0.1) is 0 Å². The maximum absolute atomic E-state index is 13.2. The van der Waals surface area contributed by atoms with E-state index in [9.17, 15) is 14.3 Å². The summed E-state index contributed by atoms with van der Waals surface area (Å²) in [6, 6.07) is 13.1. The topological polar surface area (TPSA) is 92.1 Å². The van der Waals surface area contributed by atoms with Crippen LogP contribution in [-0.4, -0.2) is 32.2 Å². The third-order valence-electron chi connectivity index (χ3n) is 6.26. The molecular weight excluding hydrogens is 445 g/mol. The Morgan fingerprint density at radius 1 is 1.14 bits per heavy atom. The van der Waals surface area contributed by atoms with Crippen LogP contribution in [0.1, 0.15) is 45.1 Å². The quantitative estimate of drug-likeness (QED) is 0.371. The average molecular weight is 472 g/mol. The number of halogens is 1. The van der Waals surface area contributed by atoms with Gasteiger partial charge in [-0.25, -0.2) is 9.37 Å². The van der Waals surface area contributed by atoms with Crippen molar-refractivity contribution in [1.82, 2.24) is 19.9 Å². The van der Waals surface area contributed by atoms with Gasteiger partial charge in [-0.1, -0.05) is 18.2 Å². The van der Waals surface area contributed by atoms with Gasteiger partial charge < -0.3 is 20.3 Å². The summed E-state index contributed by atoms with van der Waals surface area (Å²) in [7, 11) is 0. The number of aryl methyl sites for hydroxylation is 3. The first-order valence-electron chi connectivity index (χ1n) is 11.6. The Morgan fingerprint density at radius 3 is 2.74 bits per heavy atom. The van der Waals surface area contributed by atoms with E-state index < -0.39 is 6.04 Å². The predicted molar refractivity (Wildman–Crippen MR) is 132 cm³/mol. The van der Waals surface area contributed by atoms with Crippen molar-refractivity contribution in [3.05, 3.63) is 101 Å². The van der Waals surface area contributed by atoms with Crippen LogP contribution >= 0.6 is 0 Å². The molecule has 2 aromatic heterocycles. The van der Waals surface area contributed by atoms with Crippen LogP contribution in [0.3, 0.4) is 0 Å². The molecule has 0 saturated heterocycles. The molecule has 0 fully saturated rings. The first kappa shape index (κ1) is 22.7. The molecule has 3 N–H and O–H groups in total. The first-order valence-corrected chi connectivity index (χ1v) is 11.6. The van der Waals surface area contributed by atoms with Crippen LogP contribution in [0, 0.1) is 12.7 Å². The van der Waals surface area contributed by atoms with Crippen molar-refractivity contribution in [2.45, 2.75) is 32.2 Å². The number of fused-ring (bicyclic) bond motifs is 1. The highest BCUT2D eigenvalue weighted by Crippen LogP contribution is 2.26. The van der Waals surface area contributed by atoms with Gasteiger partial charge in [-0.3, -0.25) is 4.79 Å². The van der Waals surface area contributed by atoms with Crippen LogP contribution < -0.4 is 10.6 Å². The van der Waals surface area contributed by atoms with E-state index in [1.807, 2.05) is 13.0 Å². The summed E-state index contributed by atoms with van der Waals surface area (Å²) in [5, 5.41) is 15.8. The molecule has 1 aliphatic rings. The summed E-state index contributed by atoms with van der Waals surface area (Å²) in [5.74, 6) is 0.397. The van der Waals surface area contributed by atoms with Crippen molar-refractivity contribution in [2.75, 3.05) is 11.9 Å². The number of amides is 1. The number of anilines is 2. The van der Waals surface area contributed by atoms with E-state index >= 15 is 0 Å². The Labute approximate surface area is 202 Å². The molecule has 178 valence electrons. The summed E-state index contributed by atoms with van der Waals surface area (Å²) in [4.78, 5) is 21.9. The first-order chi connectivity index (χ1) is 17.0. The number of carbonyl (C=O) groups is 1. The molecule has 0 aliphatic heterocycles. The lowest BCUT2D eigenvalue weighted by molar-refractivity contribution is 0.0916. The number of nitrogens with one attached hydrogen (secondary N) is 2. The fraction of sp³-hybridized carbons (Fsp3) is 0.222. The standard InChI is InChI=1S/C27H26FN5O2/c1-17-14-29-27(30-23-10-7-18-3-2-4-20(18)13-23)32-25(17)33-12-11-21(15-33)26(35)31-24(16-34)19-5-8-22(28)9-6-19/h5-15,24,34H,2-4,16H2,1H3,(H,31,35)(H,29,30,32). The number of hydrogen-bond donors (Lipinski definition) is 3. The number of nitrogens with zero attached hydrogens (tertiary/aromatic N) is 3. The van der Waals surface area contributed by atoms with Crippen LogP contribution in [0.4, 0.5) is 16.0 Å². The molecule has 8 heteroatoms. The number of aliphatic hydroxyl groups is 1. The second kappa shape index (κ2) is 9.68. The van der Waals surface area contributed by atoms with Gasteiger partial charge in [0.25, 0.3) is 5.91 Å². The highest BCUT2D eigenvalue weighted by atomic mass is 19.1. The summed E-state index contributed by atoms with van der Waals surface area (Å²) < 4.78 is 15.0. The van der Waals surface area contributed by atoms with Crippen LogP contribution in [0.5, 0.6) is 0 Å². The zero-order chi connectivity index (χ0) is 24.4. The molecule has 1 amide bonds. The molecular formula is C27H26FN5O2. The molecule has 35 heavy (non-hydrogen) atoms. The fourth-order valence-electron chi connectivity index (χ4n) is 4.37. The van der Waals surface area contributed by atoms with Gasteiger partial charge in [-0.2, -0.15) is 4.98 Å². The third kappa shape index (κ3) is 4.93. The SMILES string of the molecule is Cc1cnc(Nc2ccc3c(c2)CCC3)nc1-n1ccc(C(=O)NC(CO)c2ccc(F)cc2)c1. The third-order valence-corrected chi connectivity index (χ3v) is 6.26. The van der Waals surface area contributed by atoms with Gasteiger partial charge in [0.2, 0.25) is 5.95 Å². The molecule has 0 spiro atoms. The molecule has 7 nitrogen and oxygen atoms in total. The molecule has 0 radical (unpaired) electrons. The number of aliphatic hydroxyl groups excluding tert-OH is 1. The van der Waals surface area contributed by atoms with Crippen molar-refractivity contribution in [3.63, 3.8) is 0 Å². The maximum atomic E-state index is 13.2. The van der Waals surface area contributed by atoms with Crippen LogP contribution in [-0.2, 0) is 12.8 Å². The van der Waals surface area contributed by atoms with Crippen molar-refractivity contribution in [1.29, 1.82) is 0 Å². The smallest absolute Gasteiger partial charge is 0.253 e. The lowest BCUT2D eigenvalue weighted by atomic mass is 10.1. The Hall–Kier alpha value is -4.04. The minimum absolute atomic E-state index is 0.305. The minimum atomic E-state index is -0.643. The van der Waals surface area contributed by atoms with Crippen LogP contribution in [0.15, 0.2) is 67.1 Å². The largest absolute Gasteiger partial charge is 0.394 e. The Balaban J connectivity index is 1.33. The lowest BCUT2D eigenvalue weighted by Gasteiger charge is -2.16. The second-order valence-electron chi connectivity index (χ2n) is 8.73. The van der Waals surface area contributed by atoms with Crippen molar-refractivity contribution < 1.29 is 14.3 Å². The average Bonchev–Trinajstić information content (AvgIpc) is 3.54. The van der Waals surface area contributed by atoms with E-state index in [2.05, 4.69) is 32.7 Å². The highest BCUT2D eigenvalue weighted by Gasteiger charge is 2.17. The van der Waals surface area contributed by atoms with E-state index in [0.29, 0.717) is 22.9 Å². The molecule has 0 saturated carbocycles. The summed E-state index contributed by atoms with van der Waals surface area (Å²) in [6.45, 7) is 1.60. The molecule has 1 atom stereocenters. The van der Waals surface area contributed by atoms with Crippen molar-refractivity contribution in [3.8, 4) is 5.82 Å². The summed E-state index contributed by atoms with van der Waals surface area (Å²) in [6.07, 6.45) is 8.60. The maximum Gasteiger partial charge on any atom is 0.253 e. The van der Waals surface area contributed by atoms with E-state index in [0.717, 1.165) is 24.1 Å². The zero-order valence-corrected chi connectivity index (χ0v) is 19.3. The normalized spacial score (nSPS) is 13.3. The van der Waals surface area contributed by atoms with Crippen molar-refractivity contribution in [2.24, 2.45) is 0 Å². The van der Waals surface area contributed by atoms with E-state index in [1.165, 1.54) is 29.7 Å². The van der Waals surface area contributed by atoms with Crippen molar-refractivity contribution >= 4 is 17.5 Å². The number of carbonyl (C=O) groups excluding carboxylic acids is 1. The predicted octanol–water partition coefficient (Wildman–Crippen LogP) is 4.41. The monoisotopic (exact) mass is 471 g/mol. The van der Waals surface area contributed by atoms with Gasteiger partial charge in [0.15, 0.2) is 0 Å². The molecule has 0 bridgehead atoms. The molecule has 4 aromatic rings. The molecule has 1 aliphatic carbocycles. The minimum Gasteiger partial charge on any atom is -0.394 e. The van der Waals surface area contributed by atoms with Crippen LogP contribution in [0.2, 0.25) is 0 Å². The summed E-state index contributed by atoms with van der Waals surface area (Å²) in [5.41, 5.74) is 5.61. The molecule has 2 heterocycles. The van der Waals surface area contributed by atoms with Gasteiger partial charge in [0.1, 0.15) is 11.6 Å². The number of rotatable bonds is 7. The zero-order valence-electron chi connectivity index (χ0n) is 19.3. The Kier molecular flexibility index (Phi) is 6.29. The van der Waals surface area contributed by atoms with E-state index in [-0.39, 0.29) is 18.3 Å². The molecule has 1 unspecified atom stereocenters. The van der Waals surface area contributed by atoms with E-state index in [4.69, 9.17) is 0 Å². The second-order valence-corrected chi connectivity index (χ2v) is 8.73. The number of aromatic nitrogens is 3. The van der Waals surface area contributed by atoms with Gasteiger partial charge in [0.05, 0.1) is 18.2 Å². The highest BCUT2D eigenvalue weighted by molar-refractivity contribution is 5.94. The molecule has 5 rings (SSSR count).